The smallest absolute Gasteiger partial charge is 0.444 e. The third kappa shape index (κ3) is 6.94. The fraction of sp³-hybridized carbons (Fsp3) is 0.556. The summed E-state index contributed by atoms with van der Waals surface area (Å²) in [5, 5.41) is 0. The highest BCUT2D eigenvalue weighted by atomic mass is 32.2. The molecule has 1 fully saturated rings. The van der Waals surface area contributed by atoms with Crippen molar-refractivity contribution in [1.82, 2.24) is 9.62 Å². The summed E-state index contributed by atoms with van der Waals surface area (Å²) in [4.78, 5) is 13.3. The molecule has 1 heterocycles. The fourth-order valence-electron chi connectivity index (χ4n) is 2.93. The molecule has 1 saturated heterocycles. The fourth-order valence-corrected chi connectivity index (χ4v) is 4.69. The SMILES string of the molecule is CC(C)(C)OC(=O)N1CCC(NS(=O)(=O)c2ccc(OC(F)(F)F)cc2)(C(N)=S)CC1. The lowest BCUT2D eigenvalue weighted by Crippen LogP contribution is -2.62. The Labute approximate surface area is 183 Å². The Balaban J connectivity index is 2.14. The molecule has 0 saturated carbocycles. The summed E-state index contributed by atoms with van der Waals surface area (Å²) in [7, 11) is -4.18. The number of sulfonamides is 1. The monoisotopic (exact) mass is 483 g/mol. The van der Waals surface area contributed by atoms with E-state index in [2.05, 4.69) is 9.46 Å². The van der Waals surface area contributed by atoms with Crippen molar-refractivity contribution in [2.45, 2.75) is 56.0 Å². The number of nitrogens with two attached hydrogens (primary N) is 1. The predicted octanol–water partition coefficient (Wildman–Crippen LogP) is 2.92. The molecule has 1 aromatic rings. The molecule has 1 aromatic carbocycles. The number of benzene rings is 1. The van der Waals surface area contributed by atoms with Gasteiger partial charge in [-0.05, 0) is 57.9 Å². The van der Waals surface area contributed by atoms with Crippen molar-refractivity contribution < 1.29 is 35.9 Å². The molecule has 31 heavy (non-hydrogen) atoms. The lowest BCUT2D eigenvalue weighted by atomic mass is 9.89. The number of thiocarbonyl (C=S) groups is 1. The Morgan fingerprint density at radius 1 is 1.16 bits per heavy atom. The molecule has 0 atom stereocenters. The summed E-state index contributed by atoms with van der Waals surface area (Å²) in [5.74, 6) is -0.554. The summed E-state index contributed by atoms with van der Waals surface area (Å²) in [5.41, 5.74) is 3.85. The number of likely N-dealkylation sites (tertiary alicyclic amines) is 1. The molecule has 0 aliphatic carbocycles. The molecule has 2 rings (SSSR count). The van der Waals surface area contributed by atoms with Gasteiger partial charge in [0, 0.05) is 13.1 Å². The minimum Gasteiger partial charge on any atom is -0.444 e. The third-order valence-electron chi connectivity index (χ3n) is 4.44. The van der Waals surface area contributed by atoms with Crippen molar-refractivity contribution in [3.8, 4) is 5.75 Å². The van der Waals surface area contributed by atoms with Crippen LogP contribution in [0, 0.1) is 0 Å². The molecule has 13 heteroatoms. The second kappa shape index (κ2) is 8.79. The van der Waals surface area contributed by atoms with E-state index in [0.29, 0.717) is 0 Å². The molecule has 1 aliphatic heterocycles. The van der Waals surface area contributed by atoms with Gasteiger partial charge in [-0.3, -0.25) is 0 Å². The number of ether oxygens (including phenoxy) is 2. The van der Waals surface area contributed by atoms with Gasteiger partial charge in [0.15, 0.2) is 0 Å². The zero-order valence-electron chi connectivity index (χ0n) is 17.2. The molecular formula is C18H24F3N3O5S2. The van der Waals surface area contributed by atoms with Gasteiger partial charge in [-0.15, -0.1) is 13.2 Å². The highest BCUT2D eigenvalue weighted by molar-refractivity contribution is 7.89. The molecule has 0 aromatic heterocycles. The maximum absolute atomic E-state index is 12.8. The van der Waals surface area contributed by atoms with Crippen LogP contribution in [0.15, 0.2) is 29.2 Å². The van der Waals surface area contributed by atoms with Crippen molar-refractivity contribution in [1.29, 1.82) is 0 Å². The number of carbonyl (C=O) groups is 1. The normalized spacial score (nSPS) is 17.2. The van der Waals surface area contributed by atoms with Gasteiger partial charge in [-0.2, -0.15) is 4.72 Å². The number of amides is 1. The van der Waals surface area contributed by atoms with E-state index in [1.54, 1.807) is 20.8 Å². The van der Waals surface area contributed by atoms with Gasteiger partial charge in [0.25, 0.3) is 0 Å². The first-order valence-corrected chi connectivity index (χ1v) is 11.1. The number of nitrogens with zero attached hydrogens (tertiary/aromatic N) is 1. The molecule has 1 aliphatic rings. The first-order valence-electron chi connectivity index (χ1n) is 9.21. The summed E-state index contributed by atoms with van der Waals surface area (Å²) < 4.78 is 74.0. The van der Waals surface area contributed by atoms with Crippen LogP contribution in [-0.2, 0) is 14.8 Å². The third-order valence-corrected chi connectivity index (χ3v) is 6.38. The topological polar surface area (TPSA) is 111 Å². The Morgan fingerprint density at radius 2 is 1.68 bits per heavy atom. The molecule has 1 amide bonds. The zero-order valence-corrected chi connectivity index (χ0v) is 18.8. The van der Waals surface area contributed by atoms with Crippen LogP contribution in [0.3, 0.4) is 0 Å². The number of alkyl halides is 3. The molecule has 0 spiro atoms. The van der Waals surface area contributed by atoms with Gasteiger partial charge in [-0.1, -0.05) is 12.2 Å². The minimum atomic E-state index is -4.89. The van der Waals surface area contributed by atoms with Gasteiger partial charge < -0.3 is 20.1 Å². The van der Waals surface area contributed by atoms with Gasteiger partial charge in [0.2, 0.25) is 10.0 Å². The highest BCUT2D eigenvalue weighted by Crippen LogP contribution is 2.28. The number of halogens is 3. The van der Waals surface area contributed by atoms with E-state index >= 15 is 0 Å². The molecule has 174 valence electrons. The maximum Gasteiger partial charge on any atom is 0.573 e. The summed E-state index contributed by atoms with van der Waals surface area (Å²) >= 11 is 5.09. The number of hydrogen-bond donors (Lipinski definition) is 2. The van der Waals surface area contributed by atoms with Crippen LogP contribution in [0.4, 0.5) is 18.0 Å². The van der Waals surface area contributed by atoms with Crippen LogP contribution in [0.1, 0.15) is 33.6 Å². The van der Waals surface area contributed by atoms with Gasteiger partial charge >= 0.3 is 12.5 Å². The summed E-state index contributed by atoms with van der Waals surface area (Å²) in [6.45, 7) is 5.48. The van der Waals surface area contributed by atoms with Crippen molar-refractivity contribution in [3.63, 3.8) is 0 Å². The van der Waals surface area contributed by atoms with Crippen molar-refractivity contribution >= 4 is 33.3 Å². The summed E-state index contributed by atoms with van der Waals surface area (Å²) in [6.07, 6.45) is -5.21. The van der Waals surface area contributed by atoms with E-state index in [4.69, 9.17) is 22.7 Å². The number of piperidine rings is 1. The van der Waals surface area contributed by atoms with Crippen molar-refractivity contribution in [2.24, 2.45) is 5.73 Å². The Bertz CT molecular complexity index is 920. The van der Waals surface area contributed by atoms with Crippen LogP contribution in [0.25, 0.3) is 0 Å². The molecule has 0 bridgehead atoms. The molecule has 0 unspecified atom stereocenters. The van der Waals surface area contributed by atoms with E-state index < -0.39 is 39.4 Å². The number of nitrogens with one attached hydrogen (secondary N) is 1. The van der Waals surface area contributed by atoms with Crippen LogP contribution < -0.4 is 15.2 Å². The first kappa shape index (κ1) is 25.1. The number of hydrogen-bond acceptors (Lipinski definition) is 6. The Hall–Kier alpha value is -2.12. The minimum absolute atomic E-state index is 0.100. The molecule has 8 nitrogen and oxygen atoms in total. The van der Waals surface area contributed by atoms with Crippen molar-refractivity contribution in [3.05, 3.63) is 24.3 Å². The molecular weight excluding hydrogens is 459 g/mol. The van der Waals surface area contributed by atoms with E-state index in [1.165, 1.54) is 4.90 Å². The van der Waals surface area contributed by atoms with E-state index in [9.17, 15) is 26.4 Å². The molecule has 3 N–H and O–H groups in total. The largest absolute Gasteiger partial charge is 0.573 e. The van der Waals surface area contributed by atoms with Crippen LogP contribution in [0.5, 0.6) is 5.75 Å². The van der Waals surface area contributed by atoms with Crippen LogP contribution in [-0.4, -0.2) is 55.0 Å². The number of rotatable bonds is 5. The van der Waals surface area contributed by atoms with Gasteiger partial charge in [0.1, 0.15) is 11.4 Å². The lowest BCUT2D eigenvalue weighted by Gasteiger charge is -2.41. The zero-order chi connectivity index (χ0) is 23.7. The second-order valence-electron chi connectivity index (χ2n) is 8.04. The van der Waals surface area contributed by atoms with E-state index in [-0.39, 0.29) is 35.8 Å². The predicted molar refractivity (Wildman–Crippen MR) is 110 cm³/mol. The summed E-state index contributed by atoms with van der Waals surface area (Å²) in [6, 6.07) is 3.74. The lowest BCUT2D eigenvalue weighted by molar-refractivity contribution is -0.274. The van der Waals surface area contributed by atoms with Crippen LogP contribution in [0.2, 0.25) is 0 Å². The Morgan fingerprint density at radius 3 is 2.10 bits per heavy atom. The highest BCUT2D eigenvalue weighted by Gasteiger charge is 2.42. The Kier molecular flexibility index (Phi) is 7.13. The molecule has 0 radical (unpaired) electrons. The van der Waals surface area contributed by atoms with E-state index in [0.717, 1.165) is 24.3 Å². The van der Waals surface area contributed by atoms with E-state index in [1.807, 2.05) is 0 Å². The average Bonchev–Trinajstić information content (AvgIpc) is 2.59. The van der Waals surface area contributed by atoms with Gasteiger partial charge in [0.05, 0.1) is 15.4 Å². The maximum atomic E-state index is 12.8. The first-order chi connectivity index (χ1) is 14.0. The standard InChI is InChI=1S/C18H24F3N3O5S2/c1-16(2,3)29-15(25)24-10-8-17(9-11-24,14(22)30)23-31(26,27)13-6-4-12(5-7-13)28-18(19,20)21/h4-7,23H,8-11H2,1-3H3,(H2,22,30). The second-order valence-corrected chi connectivity index (χ2v) is 10.2. The average molecular weight is 484 g/mol. The van der Waals surface area contributed by atoms with Gasteiger partial charge in [-0.25, -0.2) is 13.2 Å². The quantitative estimate of drug-likeness (QED) is 0.620. The van der Waals surface area contributed by atoms with Crippen molar-refractivity contribution in [2.75, 3.05) is 13.1 Å². The number of carbonyl (C=O) groups excluding carboxylic acids is 1. The van der Waals surface area contributed by atoms with Crippen LogP contribution >= 0.6 is 12.2 Å².